The largest absolute Gasteiger partial charge is 0.309 e. The first kappa shape index (κ1) is 34.8. The third-order valence-corrected chi connectivity index (χ3v) is 13.6. The molecule has 0 aliphatic heterocycles. The van der Waals surface area contributed by atoms with Crippen LogP contribution in [-0.2, 0) is 0 Å². The topological polar surface area (TPSA) is 43.6 Å². The molecule has 0 atom stereocenters. The van der Waals surface area contributed by atoms with Gasteiger partial charge in [0.2, 0.25) is 0 Å². The van der Waals surface area contributed by atoms with Gasteiger partial charge in [-0.1, -0.05) is 158 Å². The number of fused-ring (bicyclic) bond motifs is 10. The highest BCUT2D eigenvalue weighted by Gasteiger charge is 2.22. The van der Waals surface area contributed by atoms with E-state index in [1.165, 1.54) is 63.4 Å². The summed E-state index contributed by atoms with van der Waals surface area (Å²) in [6.45, 7) is 0. The Morgan fingerprint density at radius 1 is 0.339 bits per heavy atom. The molecular formula is C57H34N4S. The third-order valence-electron chi connectivity index (χ3n) is 12.4. The molecular weight excluding hydrogens is 773 g/mol. The van der Waals surface area contributed by atoms with Gasteiger partial charge in [-0.15, -0.1) is 11.3 Å². The average molecular weight is 807 g/mol. The number of hydrogen-bond donors (Lipinski definition) is 0. The van der Waals surface area contributed by atoms with Gasteiger partial charge in [0.05, 0.1) is 11.0 Å². The van der Waals surface area contributed by atoms with Gasteiger partial charge >= 0.3 is 0 Å². The number of benzene rings is 10. The van der Waals surface area contributed by atoms with Gasteiger partial charge in [-0.25, -0.2) is 15.0 Å². The van der Waals surface area contributed by atoms with Crippen molar-refractivity contribution in [1.29, 1.82) is 0 Å². The molecule has 62 heavy (non-hydrogen) atoms. The molecule has 0 spiro atoms. The van der Waals surface area contributed by atoms with Crippen molar-refractivity contribution < 1.29 is 0 Å². The van der Waals surface area contributed by atoms with Crippen molar-refractivity contribution in [2.75, 3.05) is 0 Å². The summed E-state index contributed by atoms with van der Waals surface area (Å²) >= 11 is 1.86. The van der Waals surface area contributed by atoms with Gasteiger partial charge in [0.15, 0.2) is 17.5 Å². The molecule has 3 aromatic heterocycles. The van der Waals surface area contributed by atoms with E-state index in [0.717, 1.165) is 44.4 Å². The zero-order valence-corrected chi connectivity index (χ0v) is 34.1. The first-order valence-corrected chi connectivity index (χ1v) is 21.7. The molecule has 0 radical (unpaired) electrons. The van der Waals surface area contributed by atoms with Crippen LogP contribution in [0.15, 0.2) is 206 Å². The highest BCUT2D eigenvalue weighted by atomic mass is 32.1. The smallest absolute Gasteiger partial charge is 0.164 e. The molecule has 0 aliphatic carbocycles. The Kier molecular flexibility index (Phi) is 7.74. The van der Waals surface area contributed by atoms with Crippen LogP contribution >= 0.6 is 11.3 Å². The summed E-state index contributed by atoms with van der Waals surface area (Å²) in [5, 5.41) is 12.2. The normalized spacial score (nSPS) is 11.9. The van der Waals surface area contributed by atoms with Crippen LogP contribution in [-0.4, -0.2) is 19.5 Å². The SMILES string of the molecule is c1ccc(-c2nc(-c3ccc4ccccc4c3)nc(-c3ccc(-n4c5ccccc5c5cc6ccccc6cc54)cc3-c3cccc4sc5c6ccccc6ccc5c34)n2)cc1. The van der Waals surface area contributed by atoms with Crippen molar-refractivity contribution >= 4 is 85.6 Å². The van der Waals surface area contributed by atoms with E-state index in [-0.39, 0.29) is 0 Å². The summed E-state index contributed by atoms with van der Waals surface area (Å²) < 4.78 is 4.96. The van der Waals surface area contributed by atoms with E-state index in [4.69, 9.17) is 15.0 Å². The van der Waals surface area contributed by atoms with Crippen LogP contribution in [0.4, 0.5) is 0 Å². The molecule has 0 aliphatic rings. The Bertz CT molecular complexity index is 3940. The average Bonchev–Trinajstić information content (AvgIpc) is 3.89. The fourth-order valence-electron chi connectivity index (χ4n) is 9.47. The molecule has 0 N–H and O–H groups in total. The Labute approximate surface area is 360 Å². The first-order valence-electron chi connectivity index (χ1n) is 20.9. The van der Waals surface area contributed by atoms with E-state index in [9.17, 15) is 0 Å². The number of thiophene rings is 1. The highest BCUT2D eigenvalue weighted by molar-refractivity contribution is 7.26. The summed E-state index contributed by atoms with van der Waals surface area (Å²) in [4.78, 5) is 15.8. The Morgan fingerprint density at radius 2 is 1.00 bits per heavy atom. The van der Waals surface area contributed by atoms with Gasteiger partial charge in [0.25, 0.3) is 0 Å². The summed E-state index contributed by atoms with van der Waals surface area (Å²) in [5.74, 6) is 1.89. The molecule has 5 heteroatoms. The number of hydrogen-bond acceptors (Lipinski definition) is 4. The second kappa shape index (κ2) is 13.8. The maximum atomic E-state index is 5.36. The van der Waals surface area contributed by atoms with E-state index >= 15 is 0 Å². The van der Waals surface area contributed by atoms with Gasteiger partial charge < -0.3 is 4.57 Å². The van der Waals surface area contributed by atoms with Gasteiger partial charge in [0.1, 0.15) is 0 Å². The van der Waals surface area contributed by atoms with Gasteiger partial charge in [-0.3, -0.25) is 0 Å². The fourth-order valence-corrected chi connectivity index (χ4v) is 10.7. The molecule has 288 valence electrons. The fraction of sp³-hybridized carbons (Fsp3) is 0. The second-order valence-electron chi connectivity index (χ2n) is 16.0. The zero-order chi connectivity index (χ0) is 40.7. The van der Waals surface area contributed by atoms with Crippen molar-refractivity contribution in [3.8, 4) is 51.0 Å². The van der Waals surface area contributed by atoms with Gasteiger partial charge in [-0.2, -0.15) is 0 Å². The lowest BCUT2D eigenvalue weighted by atomic mass is 9.93. The quantitative estimate of drug-likeness (QED) is 0.174. The first-order chi connectivity index (χ1) is 30.7. The zero-order valence-electron chi connectivity index (χ0n) is 33.3. The molecule has 0 saturated carbocycles. The standard InChI is InChI=1S/C57H34N4S/c1-2-15-37(16-3-1)55-58-56(41-26-25-35-13-4-5-17-38(35)31-41)60-57(59-55)46-30-28-42(61-50-23-11-10-21-44(50)49-32-39-18-6-7-19-40(39)33-51(49)61)34-48(46)45-22-12-24-52-53(45)47-29-27-36-14-8-9-20-43(36)54(47)62-52/h1-34H. The van der Waals surface area contributed by atoms with Crippen molar-refractivity contribution in [2.45, 2.75) is 0 Å². The van der Waals surface area contributed by atoms with Crippen molar-refractivity contribution in [1.82, 2.24) is 19.5 Å². The maximum absolute atomic E-state index is 5.36. The summed E-state index contributed by atoms with van der Waals surface area (Å²) in [6, 6.07) is 74.0. The minimum Gasteiger partial charge on any atom is -0.309 e. The minimum atomic E-state index is 0.624. The molecule has 0 saturated heterocycles. The van der Waals surface area contributed by atoms with Crippen LogP contribution in [0.2, 0.25) is 0 Å². The van der Waals surface area contributed by atoms with Crippen LogP contribution in [0.1, 0.15) is 0 Å². The van der Waals surface area contributed by atoms with E-state index in [0.29, 0.717) is 17.5 Å². The van der Waals surface area contributed by atoms with Gasteiger partial charge in [0, 0.05) is 53.3 Å². The Balaban J connectivity index is 1.12. The van der Waals surface area contributed by atoms with E-state index in [2.05, 4.69) is 193 Å². The van der Waals surface area contributed by atoms with Crippen molar-refractivity contribution in [3.63, 3.8) is 0 Å². The van der Waals surface area contributed by atoms with E-state index in [1.807, 2.05) is 29.5 Å². The minimum absolute atomic E-state index is 0.624. The van der Waals surface area contributed by atoms with Gasteiger partial charge in [-0.05, 0) is 92.0 Å². The number of para-hydroxylation sites is 1. The Hall–Kier alpha value is -7.99. The molecule has 4 nitrogen and oxygen atoms in total. The molecule has 0 fully saturated rings. The molecule has 0 amide bonds. The van der Waals surface area contributed by atoms with Crippen LogP contribution < -0.4 is 0 Å². The van der Waals surface area contributed by atoms with Crippen LogP contribution in [0.5, 0.6) is 0 Å². The number of nitrogens with zero attached hydrogens (tertiary/aromatic N) is 4. The molecule has 3 heterocycles. The lowest BCUT2D eigenvalue weighted by molar-refractivity contribution is 1.07. The van der Waals surface area contributed by atoms with Crippen LogP contribution in [0.3, 0.4) is 0 Å². The molecule has 13 rings (SSSR count). The number of rotatable bonds is 5. The molecule has 0 bridgehead atoms. The predicted molar refractivity (Wildman–Crippen MR) is 261 cm³/mol. The summed E-state index contributed by atoms with van der Waals surface area (Å²) in [6.07, 6.45) is 0. The lowest BCUT2D eigenvalue weighted by Gasteiger charge is -2.16. The monoisotopic (exact) mass is 806 g/mol. The van der Waals surface area contributed by atoms with E-state index < -0.39 is 0 Å². The van der Waals surface area contributed by atoms with Crippen molar-refractivity contribution in [2.24, 2.45) is 0 Å². The summed E-state index contributed by atoms with van der Waals surface area (Å²) in [7, 11) is 0. The van der Waals surface area contributed by atoms with Crippen molar-refractivity contribution in [3.05, 3.63) is 206 Å². The maximum Gasteiger partial charge on any atom is 0.164 e. The van der Waals surface area contributed by atoms with E-state index in [1.54, 1.807) is 0 Å². The molecule has 0 unspecified atom stereocenters. The second-order valence-corrected chi connectivity index (χ2v) is 17.0. The number of aromatic nitrogens is 4. The summed E-state index contributed by atoms with van der Waals surface area (Å²) in [5.41, 5.74) is 8.41. The lowest BCUT2D eigenvalue weighted by Crippen LogP contribution is -2.02. The Morgan fingerprint density at radius 3 is 1.84 bits per heavy atom. The molecule has 10 aromatic carbocycles. The van der Waals surface area contributed by atoms with Crippen LogP contribution in [0, 0.1) is 0 Å². The molecule has 13 aromatic rings. The third kappa shape index (κ3) is 5.49. The van der Waals surface area contributed by atoms with Crippen LogP contribution in [0.25, 0.3) is 125 Å². The highest BCUT2D eigenvalue weighted by Crippen LogP contribution is 2.46. The predicted octanol–water partition coefficient (Wildman–Crippen LogP) is 15.5.